The van der Waals surface area contributed by atoms with Crippen LogP contribution in [0.25, 0.3) is 80.7 Å². The highest BCUT2D eigenvalue weighted by molar-refractivity contribution is 7.25. The van der Waals surface area contributed by atoms with E-state index in [1.165, 1.54) is 80.7 Å². The molecule has 0 atom stereocenters. The van der Waals surface area contributed by atoms with Gasteiger partial charge in [0.15, 0.2) is 0 Å². The number of benzene rings is 9. The van der Waals surface area contributed by atoms with Crippen molar-refractivity contribution in [1.82, 2.24) is 4.57 Å². The molecule has 0 saturated heterocycles. The third-order valence-corrected chi connectivity index (χ3v) is 12.1. The van der Waals surface area contributed by atoms with Crippen molar-refractivity contribution < 1.29 is 0 Å². The smallest absolute Gasteiger partial charge is 0.0546 e. The van der Waals surface area contributed by atoms with Gasteiger partial charge in [-0.25, -0.2) is 0 Å². The Morgan fingerprint density at radius 1 is 0.364 bits per heavy atom. The third-order valence-electron chi connectivity index (χ3n) is 11.0. The average molecular weight is 719 g/mol. The number of nitrogens with zero attached hydrogens (tertiary/aromatic N) is 2. The Morgan fingerprint density at radius 2 is 0.964 bits per heavy atom. The molecule has 55 heavy (non-hydrogen) atoms. The molecule has 2 heterocycles. The lowest BCUT2D eigenvalue weighted by molar-refractivity contribution is 1.18. The zero-order valence-corrected chi connectivity index (χ0v) is 30.7. The molecule has 0 amide bonds. The molecular weight excluding hydrogens is 685 g/mol. The van der Waals surface area contributed by atoms with Gasteiger partial charge in [-0.1, -0.05) is 146 Å². The highest BCUT2D eigenvalue weighted by atomic mass is 32.1. The maximum atomic E-state index is 2.44. The summed E-state index contributed by atoms with van der Waals surface area (Å²) in [5.41, 5.74) is 11.7. The second-order valence-electron chi connectivity index (χ2n) is 14.1. The van der Waals surface area contributed by atoms with Crippen LogP contribution < -0.4 is 4.90 Å². The largest absolute Gasteiger partial charge is 0.310 e. The van der Waals surface area contributed by atoms with Gasteiger partial charge in [0.25, 0.3) is 0 Å². The molecule has 3 heteroatoms. The molecule has 258 valence electrons. The van der Waals surface area contributed by atoms with Gasteiger partial charge in [0, 0.05) is 53.6 Å². The summed E-state index contributed by atoms with van der Waals surface area (Å²) >= 11 is 1.86. The van der Waals surface area contributed by atoms with E-state index in [1.54, 1.807) is 0 Å². The minimum absolute atomic E-state index is 1.11. The van der Waals surface area contributed by atoms with Crippen molar-refractivity contribution >= 4 is 81.1 Å². The average Bonchev–Trinajstić information content (AvgIpc) is 3.79. The molecule has 0 spiro atoms. The summed E-state index contributed by atoms with van der Waals surface area (Å²) in [5, 5.41) is 7.59. The molecular formula is C52H34N2S. The fourth-order valence-corrected chi connectivity index (χ4v) is 9.60. The second kappa shape index (κ2) is 12.9. The van der Waals surface area contributed by atoms with Gasteiger partial charge in [-0.3, -0.25) is 0 Å². The quantitative estimate of drug-likeness (QED) is 0.166. The van der Waals surface area contributed by atoms with Gasteiger partial charge in [-0.2, -0.15) is 0 Å². The highest BCUT2D eigenvalue weighted by Gasteiger charge is 2.20. The lowest BCUT2D eigenvalue weighted by Gasteiger charge is -2.26. The molecule has 0 aliphatic carbocycles. The predicted octanol–water partition coefficient (Wildman–Crippen LogP) is 15.1. The molecule has 0 unspecified atom stereocenters. The van der Waals surface area contributed by atoms with Crippen LogP contribution in [0.5, 0.6) is 0 Å². The standard InChI is InChI=1S/C52H34N2S/c1-2-14-37(15-3-1)52-42(20-12-23-49(52)54-47-21-9-6-17-43(47)44-18-7-10-22-48(44)54)36-26-28-39(29-27-36)53(40-30-25-35-13-4-5-16-38(35)33-40)41-31-32-46-45-19-8-11-24-50(45)55-51(46)34-41/h1-34H. The van der Waals surface area contributed by atoms with Crippen LogP contribution in [0.4, 0.5) is 17.1 Å². The van der Waals surface area contributed by atoms with Crippen molar-refractivity contribution in [2.45, 2.75) is 0 Å². The predicted molar refractivity (Wildman–Crippen MR) is 237 cm³/mol. The SMILES string of the molecule is c1ccc(-c2c(-c3ccc(N(c4ccc5ccccc5c4)c4ccc5c(c4)sc4ccccc45)cc3)cccc2-n2c3ccccc3c3ccccc32)cc1. The summed E-state index contributed by atoms with van der Waals surface area (Å²) in [4.78, 5) is 2.40. The number of thiophene rings is 1. The molecule has 0 N–H and O–H groups in total. The van der Waals surface area contributed by atoms with Crippen LogP contribution >= 0.6 is 11.3 Å². The zero-order valence-electron chi connectivity index (χ0n) is 29.9. The number of hydrogen-bond acceptors (Lipinski definition) is 2. The van der Waals surface area contributed by atoms with E-state index in [1.807, 2.05) is 11.3 Å². The van der Waals surface area contributed by atoms with E-state index >= 15 is 0 Å². The van der Waals surface area contributed by atoms with Crippen molar-refractivity contribution in [3.63, 3.8) is 0 Å². The number of anilines is 3. The van der Waals surface area contributed by atoms with Crippen LogP contribution in [0.15, 0.2) is 206 Å². The molecule has 0 aliphatic rings. The number of para-hydroxylation sites is 2. The van der Waals surface area contributed by atoms with E-state index in [-0.39, 0.29) is 0 Å². The molecule has 0 radical (unpaired) electrons. The lowest BCUT2D eigenvalue weighted by atomic mass is 9.92. The molecule has 11 rings (SSSR count). The Kier molecular flexibility index (Phi) is 7.39. The fraction of sp³-hybridized carbons (Fsp3) is 0. The summed E-state index contributed by atoms with van der Waals surface area (Å²) in [6, 6.07) is 75.2. The van der Waals surface area contributed by atoms with Crippen LogP contribution in [-0.4, -0.2) is 4.57 Å². The van der Waals surface area contributed by atoms with Crippen molar-refractivity contribution in [3.8, 4) is 27.9 Å². The Morgan fingerprint density at radius 3 is 1.75 bits per heavy atom. The molecule has 2 aromatic heterocycles. The zero-order chi connectivity index (χ0) is 36.3. The first kappa shape index (κ1) is 31.6. The van der Waals surface area contributed by atoms with E-state index in [0.29, 0.717) is 0 Å². The first-order chi connectivity index (χ1) is 27.3. The highest BCUT2D eigenvalue weighted by Crippen LogP contribution is 2.44. The van der Waals surface area contributed by atoms with Crippen LogP contribution in [0.3, 0.4) is 0 Å². The van der Waals surface area contributed by atoms with Crippen LogP contribution in [-0.2, 0) is 0 Å². The lowest BCUT2D eigenvalue weighted by Crippen LogP contribution is -2.09. The van der Waals surface area contributed by atoms with E-state index in [9.17, 15) is 0 Å². The fourth-order valence-electron chi connectivity index (χ4n) is 8.46. The molecule has 0 aliphatic heterocycles. The molecule has 0 fully saturated rings. The van der Waals surface area contributed by atoms with Gasteiger partial charge in [-0.15, -0.1) is 11.3 Å². The number of fused-ring (bicyclic) bond motifs is 7. The van der Waals surface area contributed by atoms with Gasteiger partial charge in [-0.05, 0) is 88.1 Å². The van der Waals surface area contributed by atoms with Gasteiger partial charge in [0.05, 0.1) is 16.7 Å². The van der Waals surface area contributed by atoms with E-state index in [4.69, 9.17) is 0 Å². The minimum atomic E-state index is 1.11. The van der Waals surface area contributed by atoms with Crippen LogP contribution in [0, 0.1) is 0 Å². The van der Waals surface area contributed by atoms with Crippen LogP contribution in [0.1, 0.15) is 0 Å². The second-order valence-corrected chi connectivity index (χ2v) is 15.2. The Hall–Kier alpha value is -6.94. The van der Waals surface area contributed by atoms with Crippen molar-refractivity contribution in [2.24, 2.45) is 0 Å². The first-order valence-corrected chi connectivity index (χ1v) is 19.6. The summed E-state index contributed by atoms with van der Waals surface area (Å²) < 4.78 is 5.04. The van der Waals surface area contributed by atoms with Crippen molar-refractivity contribution in [2.75, 3.05) is 4.90 Å². The molecule has 11 aromatic rings. The first-order valence-electron chi connectivity index (χ1n) is 18.8. The summed E-state index contributed by atoms with van der Waals surface area (Å²) in [6.07, 6.45) is 0. The summed E-state index contributed by atoms with van der Waals surface area (Å²) in [5.74, 6) is 0. The summed E-state index contributed by atoms with van der Waals surface area (Å²) in [7, 11) is 0. The van der Waals surface area contributed by atoms with Crippen molar-refractivity contribution in [3.05, 3.63) is 206 Å². The number of hydrogen-bond donors (Lipinski definition) is 0. The molecule has 0 bridgehead atoms. The maximum absolute atomic E-state index is 2.44. The maximum Gasteiger partial charge on any atom is 0.0546 e. The topological polar surface area (TPSA) is 8.17 Å². The van der Waals surface area contributed by atoms with Crippen molar-refractivity contribution in [1.29, 1.82) is 0 Å². The Labute approximate surface area is 323 Å². The minimum Gasteiger partial charge on any atom is -0.310 e. The molecule has 0 saturated carbocycles. The summed E-state index contributed by atoms with van der Waals surface area (Å²) in [6.45, 7) is 0. The number of rotatable bonds is 6. The van der Waals surface area contributed by atoms with E-state index in [0.717, 1.165) is 17.1 Å². The van der Waals surface area contributed by atoms with Gasteiger partial charge >= 0.3 is 0 Å². The van der Waals surface area contributed by atoms with E-state index in [2.05, 4.69) is 216 Å². The Bertz CT molecular complexity index is 3150. The molecule has 9 aromatic carbocycles. The van der Waals surface area contributed by atoms with Gasteiger partial charge in [0.1, 0.15) is 0 Å². The van der Waals surface area contributed by atoms with E-state index < -0.39 is 0 Å². The molecule has 2 nitrogen and oxygen atoms in total. The van der Waals surface area contributed by atoms with Gasteiger partial charge < -0.3 is 9.47 Å². The monoisotopic (exact) mass is 718 g/mol. The third kappa shape index (κ3) is 5.24. The Balaban J connectivity index is 1.09. The van der Waals surface area contributed by atoms with Gasteiger partial charge in [0.2, 0.25) is 0 Å². The normalized spacial score (nSPS) is 11.6. The number of aromatic nitrogens is 1. The van der Waals surface area contributed by atoms with Crippen LogP contribution in [0.2, 0.25) is 0 Å².